The van der Waals surface area contributed by atoms with Crippen LogP contribution in [0, 0.1) is 11.8 Å². The van der Waals surface area contributed by atoms with Crippen molar-refractivity contribution in [3.8, 4) is 0 Å². The highest BCUT2D eigenvalue weighted by Crippen LogP contribution is 2.40. The average molecular weight is 114 g/mol. The molecule has 1 saturated carbocycles. The average Bonchev–Trinajstić information content (AvgIpc) is 2.17. The number of carboxylic acid groups (broad SMARTS) is 1. The van der Waals surface area contributed by atoms with Gasteiger partial charge in [-0.05, 0) is 18.3 Å². The van der Waals surface area contributed by atoms with E-state index in [1.807, 2.05) is 0 Å². The van der Waals surface area contributed by atoms with E-state index in [2.05, 4.69) is 6.92 Å². The molecule has 0 aromatic carbocycles. The zero-order valence-electron chi connectivity index (χ0n) is 4.92. The molecule has 1 rings (SSSR count). The molecule has 0 aromatic rings. The minimum atomic E-state index is -0.653. The molecule has 8 heavy (non-hydrogen) atoms. The van der Waals surface area contributed by atoms with Gasteiger partial charge in [0.1, 0.15) is 0 Å². The van der Waals surface area contributed by atoms with Gasteiger partial charge in [-0.15, -0.1) is 0 Å². The molecule has 1 unspecified atom stereocenters. The first-order valence-electron chi connectivity index (χ1n) is 2.92. The molecule has 2 heteroatoms. The van der Waals surface area contributed by atoms with Crippen molar-refractivity contribution in [2.45, 2.75) is 19.8 Å². The molecule has 0 bridgehead atoms. The van der Waals surface area contributed by atoms with Crippen molar-refractivity contribution in [1.29, 1.82) is 0 Å². The highest BCUT2D eigenvalue weighted by atomic mass is 16.4. The number of hydrogen-bond donors (Lipinski definition) is 1. The Morgan fingerprint density at radius 2 is 2.38 bits per heavy atom. The van der Waals surface area contributed by atoms with E-state index in [0.717, 1.165) is 6.42 Å². The fourth-order valence-electron chi connectivity index (χ4n) is 0.908. The first-order chi connectivity index (χ1) is 3.70. The molecule has 0 aliphatic heterocycles. The second-order valence-corrected chi connectivity index (χ2v) is 2.57. The lowest BCUT2D eigenvalue weighted by molar-refractivity contribution is -0.137. The maximum absolute atomic E-state index is 10.00. The molecule has 0 amide bonds. The normalized spacial score (nSPS) is 34.6. The molecule has 0 spiro atoms. The van der Waals surface area contributed by atoms with Gasteiger partial charge in [-0.1, -0.05) is 6.92 Å². The van der Waals surface area contributed by atoms with Gasteiger partial charge >= 0.3 is 5.97 Å². The molecule has 0 radical (unpaired) electrons. The molecule has 0 aromatic heterocycles. The number of aliphatic carboxylic acids is 1. The van der Waals surface area contributed by atoms with Crippen molar-refractivity contribution >= 4 is 5.97 Å². The summed E-state index contributed by atoms with van der Waals surface area (Å²) in [7, 11) is 0. The monoisotopic (exact) mass is 114 g/mol. The molecule has 0 saturated heterocycles. The number of hydrogen-bond acceptors (Lipinski definition) is 1. The van der Waals surface area contributed by atoms with Gasteiger partial charge in [0.05, 0.1) is 0 Å². The molecule has 2 atom stereocenters. The Bertz CT molecular complexity index is 109. The van der Waals surface area contributed by atoms with Gasteiger partial charge < -0.3 is 5.11 Å². The van der Waals surface area contributed by atoms with E-state index in [1.165, 1.54) is 0 Å². The van der Waals surface area contributed by atoms with Crippen molar-refractivity contribution in [3.05, 3.63) is 0 Å². The fraction of sp³-hybridized carbons (Fsp3) is 0.833. The van der Waals surface area contributed by atoms with Crippen molar-refractivity contribution in [2.24, 2.45) is 11.8 Å². The lowest BCUT2D eigenvalue weighted by Gasteiger charge is -1.85. The highest BCUT2D eigenvalue weighted by molar-refractivity contribution is 5.67. The van der Waals surface area contributed by atoms with Gasteiger partial charge in [-0.2, -0.15) is 0 Å². The maximum Gasteiger partial charge on any atom is 0.303 e. The first kappa shape index (κ1) is 5.60. The molecule has 46 valence electrons. The second-order valence-electron chi connectivity index (χ2n) is 2.57. The van der Waals surface area contributed by atoms with Gasteiger partial charge in [0.2, 0.25) is 0 Å². The zero-order chi connectivity index (χ0) is 6.15. The Kier molecular flexibility index (Phi) is 1.24. The van der Waals surface area contributed by atoms with Crippen LogP contribution in [0.3, 0.4) is 0 Å². The van der Waals surface area contributed by atoms with Crippen LogP contribution < -0.4 is 0 Å². The summed E-state index contributed by atoms with van der Waals surface area (Å²) >= 11 is 0. The summed E-state index contributed by atoms with van der Waals surface area (Å²) in [6.07, 6.45) is 1.49. The minimum absolute atomic E-state index is 0.376. The molecule has 1 aliphatic carbocycles. The Hall–Kier alpha value is -0.530. The van der Waals surface area contributed by atoms with E-state index in [-0.39, 0.29) is 0 Å². The zero-order valence-corrected chi connectivity index (χ0v) is 4.92. The Morgan fingerprint density at radius 1 is 1.88 bits per heavy atom. The summed E-state index contributed by atoms with van der Waals surface area (Å²) < 4.78 is 0. The lowest BCUT2D eigenvalue weighted by atomic mass is 10.2. The summed E-state index contributed by atoms with van der Waals surface area (Å²) in [4.78, 5) is 10.00. The van der Waals surface area contributed by atoms with Gasteiger partial charge in [-0.3, -0.25) is 4.79 Å². The summed E-state index contributed by atoms with van der Waals surface area (Å²) in [5, 5.41) is 8.24. The Labute approximate surface area is 48.5 Å². The van der Waals surface area contributed by atoms with Gasteiger partial charge in [0, 0.05) is 6.42 Å². The van der Waals surface area contributed by atoms with E-state index < -0.39 is 5.97 Å². The molecule has 1 aliphatic rings. The summed E-state index contributed by atoms with van der Waals surface area (Å²) in [6.45, 7) is 2.09. The van der Waals surface area contributed by atoms with Crippen LogP contribution in [0.25, 0.3) is 0 Å². The van der Waals surface area contributed by atoms with Crippen LogP contribution in [-0.2, 0) is 4.79 Å². The van der Waals surface area contributed by atoms with Crippen LogP contribution in [0.5, 0.6) is 0 Å². The third kappa shape index (κ3) is 1.22. The highest BCUT2D eigenvalue weighted by Gasteiger charge is 2.33. The molecule has 2 nitrogen and oxygen atoms in total. The Morgan fingerprint density at radius 3 is 2.50 bits per heavy atom. The van der Waals surface area contributed by atoms with Crippen LogP contribution >= 0.6 is 0 Å². The molecule has 1 N–H and O–H groups in total. The van der Waals surface area contributed by atoms with Crippen LogP contribution in [0.2, 0.25) is 0 Å². The van der Waals surface area contributed by atoms with E-state index >= 15 is 0 Å². The first-order valence-corrected chi connectivity index (χ1v) is 2.92. The van der Waals surface area contributed by atoms with Crippen molar-refractivity contribution in [1.82, 2.24) is 0 Å². The topological polar surface area (TPSA) is 37.3 Å². The lowest BCUT2D eigenvalue weighted by Crippen LogP contribution is -1.95. The summed E-state index contributed by atoms with van der Waals surface area (Å²) in [5.41, 5.74) is 0. The Balaban J connectivity index is 2.14. The van der Waals surface area contributed by atoms with E-state index in [1.54, 1.807) is 0 Å². The molecular formula is C6H10O2. The van der Waals surface area contributed by atoms with Crippen molar-refractivity contribution < 1.29 is 9.90 Å². The number of rotatable bonds is 2. The number of carbonyl (C=O) groups is 1. The number of carboxylic acids is 1. The van der Waals surface area contributed by atoms with Gasteiger partial charge in [0.25, 0.3) is 0 Å². The fourth-order valence-corrected chi connectivity index (χ4v) is 0.908. The van der Waals surface area contributed by atoms with Gasteiger partial charge in [0.15, 0.2) is 0 Å². The summed E-state index contributed by atoms with van der Waals surface area (Å²) in [6, 6.07) is 0. The van der Waals surface area contributed by atoms with Crippen LogP contribution in [0.15, 0.2) is 0 Å². The van der Waals surface area contributed by atoms with Crippen LogP contribution in [0.1, 0.15) is 19.8 Å². The largest absolute Gasteiger partial charge is 0.481 e. The minimum Gasteiger partial charge on any atom is -0.481 e. The quantitative estimate of drug-likeness (QED) is 0.584. The maximum atomic E-state index is 10.00. The van der Waals surface area contributed by atoms with E-state index in [9.17, 15) is 4.79 Å². The SMILES string of the molecule is C[C@H]1CC1CC(=O)O. The van der Waals surface area contributed by atoms with Crippen LogP contribution in [0.4, 0.5) is 0 Å². The van der Waals surface area contributed by atoms with Crippen LogP contribution in [-0.4, -0.2) is 11.1 Å². The van der Waals surface area contributed by atoms with E-state index in [0.29, 0.717) is 18.3 Å². The predicted octanol–water partition coefficient (Wildman–Crippen LogP) is 1.12. The smallest absolute Gasteiger partial charge is 0.303 e. The molecule has 1 fully saturated rings. The molecular weight excluding hydrogens is 104 g/mol. The van der Waals surface area contributed by atoms with Crippen molar-refractivity contribution in [3.63, 3.8) is 0 Å². The third-order valence-corrected chi connectivity index (χ3v) is 1.71. The summed E-state index contributed by atoms with van der Waals surface area (Å²) in [5.74, 6) is 0.512. The third-order valence-electron chi connectivity index (χ3n) is 1.71. The predicted molar refractivity (Wildman–Crippen MR) is 29.5 cm³/mol. The van der Waals surface area contributed by atoms with Crippen molar-refractivity contribution in [2.75, 3.05) is 0 Å². The van der Waals surface area contributed by atoms with Gasteiger partial charge in [-0.25, -0.2) is 0 Å². The molecule has 0 heterocycles. The van der Waals surface area contributed by atoms with E-state index in [4.69, 9.17) is 5.11 Å². The second kappa shape index (κ2) is 1.77. The standard InChI is InChI=1S/C6H10O2/c1-4-2-5(4)3-6(7)8/h4-5H,2-3H2,1H3,(H,7,8)/t4-,5?/m0/s1.